The zero-order valence-electron chi connectivity index (χ0n) is 10.5. The summed E-state index contributed by atoms with van der Waals surface area (Å²) in [5.74, 6) is 0. The van der Waals surface area contributed by atoms with Gasteiger partial charge >= 0.3 is 0 Å². The van der Waals surface area contributed by atoms with Crippen LogP contribution in [0.5, 0.6) is 0 Å². The molecular weight excluding hydrogens is 188 g/mol. The van der Waals surface area contributed by atoms with Crippen LogP contribution in [0.1, 0.15) is 33.1 Å². The van der Waals surface area contributed by atoms with Crippen LogP contribution < -0.4 is 5.32 Å². The molecule has 1 rings (SSSR count). The molecule has 3 heteroatoms. The van der Waals surface area contributed by atoms with Gasteiger partial charge in [0.15, 0.2) is 0 Å². The quantitative estimate of drug-likeness (QED) is 0.589. The zero-order chi connectivity index (χ0) is 11.1. The van der Waals surface area contributed by atoms with Crippen molar-refractivity contribution in [3.8, 4) is 0 Å². The lowest BCUT2D eigenvalue weighted by Crippen LogP contribution is -2.37. The van der Waals surface area contributed by atoms with Gasteiger partial charge in [-0.1, -0.05) is 6.92 Å². The fourth-order valence-electron chi connectivity index (χ4n) is 1.91. The van der Waals surface area contributed by atoms with E-state index in [-0.39, 0.29) is 0 Å². The van der Waals surface area contributed by atoms with Crippen LogP contribution in [0.15, 0.2) is 0 Å². The molecular formula is C12H26N2O. The maximum Gasteiger partial charge on any atom is 0.0615 e. The maximum absolute atomic E-state index is 5.18. The largest absolute Gasteiger partial charge is 0.383 e. The minimum absolute atomic E-state index is 0.543. The van der Waals surface area contributed by atoms with E-state index in [1.807, 2.05) is 0 Å². The molecule has 1 atom stereocenters. The Labute approximate surface area is 94.2 Å². The minimum atomic E-state index is 0.543. The fourth-order valence-corrected chi connectivity index (χ4v) is 1.91. The van der Waals surface area contributed by atoms with Crippen molar-refractivity contribution in [3.05, 3.63) is 0 Å². The number of ether oxygens (including phenoxy) is 1. The van der Waals surface area contributed by atoms with E-state index < -0.39 is 0 Å². The van der Waals surface area contributed by atoms with Crippen LogP contribution in [0.3, 0.4) is 0 Å². The summed E-state index contributed by atoms with van der Waals surface area (Å²) in [4.78, 5) is 2.48. The number of nitrogens with zero attached hydrogens (tertiary/aromatic N) is 1. The van der Waals surface area contributed by atoms with E-state index in [1.54, 1.807) is 7.11 Å². The highest BCUT2D eigenvalue weighted by Crippen LogP contribution is 2.18. The molecule has 0 radical (unpaired) electrons. The van der Waals surface area contributed by atoms with Gasteiger partial charge in [0.1, 0.15) is 0 Å². The summed E-state index contributed by atoms with van der Waals surface area (Å²) < 4.78 is 5.18. The van der Waals surface area contributed by atoms with Crippen LogP contribution >= 0.6 is 0 Å². The van der Waals surface area contributed by atoms with Gasteiger partial charge in [0.25, 0.3) is 0 Å². The second-order valence-electron chi connectivity index (χ2n) is 4.51. The van der Waals surface area contributed by atoms with Crippen molar-refractivity contribution in [3.63, 3.8) is 0 Å². The second kappa shape index (κ2) is 7.20. The molecule has 0 aliphatic heterocycles. The lowest BCUT2D eigenvalue weighted by atomic mass is 10.2. The van der Waals surface area contributed by atoms with Crippen LogP contribution in [0.25, 0.3) is 0 Å². The van der Waals surface area contributed by atoms with Crippen LogP contribution in [0.4, 0.5) is 0 Å². The van der Waals surface area contributed by atoms with Crippen LogP contribution in [-0.2, 0) is 4.74 Å². The molecule has 1 N–H and O–H groups in total. The zero-order valence-corrected chi connectivity index (χ0v) is 10.5. The summed E-state index contributed by atoms with van der Waals surface area (Å²) in [5, 5.41) is 3.55. The van der Waals surface area contributed by atoms with Crippen molar-refractivity contribution in [2.75, 3.05) is 33.4 Å². The lowest BCUT2D eigenvalue weighted by molar-refractivity contribution is 0.102. The summed E-state index contributed by atoms with van der Waals surface area (Å²) >= 11 is 0. The minimum Gasteiger partial charge on any atom is -0.383 e. The number of likely N-dealkylation sites (N-methyl/N-ethyl adjacent to an activating group) is 1. The molecule has 90 valence electrons. The summed E-state index contributed by atoms with van der Waals surface area (Å²) in [6.45, 7) is 8.77. The molecule has 3 nitrogen and oxygen atoms in total. The van der Waals surface area contributed by atoms with Crippen molar-refractivity contribution >= 4 is 0 Å². The smallest absolute Gasteiger partial charge is 0.0615 e. The van der Waals surface area contributed by atoms with Gasteiger partial charge < -0.3 is 10.1 Å². The van der Waals surface area contributed by atoms with Gasteiger partial charge in [0.05, 0.1) is 6.61 Å². The third kappa shape index (κ3) is 5.50. The molecule has 0 spiro atoms. The van der Waals surface area contributed by atoms with Crippen LogP contribution in [0, 0.1) is 0 Å². The summed E-state index contributed by atoms with van der Waals surface area (Å²) in [5.41, 5.74) is 0. The first-order valence-electron chi connectivity index (χ1n) is 6.24. The average Bonchev–Trinajstić information content (AvgIpc) is 3.02. The van der Waals surface area contributed by atoms with Gasteiger partial charge in [-0.3, -0.25) is 4.90 Å². The summed E-state index contributed by atoms with van der Waals surface area (Å²) in [7, 11) is 1.78. The van der Waals surface area contributed by atoms with Crippen molar-refractivity contribution in [1.29, 1.82) is 0 Å². The molecule has 0 bridgehead atoms. The standard InChI is InChI=1S/C12H26N2O/c1-4-14(11(2)10-15-3)9-5-8-13-12-6-7-12/h11-13H,4-10H2,1-3H3. The highest BCUT2D eigenvalue weighted by molar-refractivity contribution is 4.80. The van der Waals surface area contributed by atoms with E-state index >= 15 is 0 Å². The number of methoxy groups -OCH3 is 1. The Kier molecular flexibility index (Phi) is 6.22. The highest BCUT2D eigenvalue weighted by atomic mass is 16.5. The van der Waals surface area contributed by atoms with Gasteiger partial charge in [0.2, 0.25) is 0 Å². The number of hydrogen-bond acceptors (Lipinski definition) is 3. The van der Waals surface area contributed by atoms with Crippen molar-refractivity contribution < 1.29 is 4.74 Å². The van der Waals surface area contributed by atoms with Gasteiger partial charge in [-0.15, -0.1) is 0 Å². The molecule has 1 unspecified atom stereocenters. The molecule has 0 saturated heterocycles. The monoisotopic (exact) mass is 214 g/mol. The van der Waals surface area contributed by atoms with Gasteiger partial charge in [-0.25, -0.2) is 0 Å². The molecule has 0 heterocycles. The predicted octanol–water partition coefficient (Wildman–Crippen LogP) is 1.49. The predicted molar refractivity (Wildman–Crippen MR) is 64.2 cm³/mol. The summed E-state index contributed by atoms with van der Waals surface area (Å²) in [6.07, 6.45) is 4.02. The molecule has 15 heavy (non-hydrogen) atoms. The lowest BCUT2D eigenvalue weighted by Gasteiger charge is -2.27. The van der Waals surface area contributed by atoms with Gasteiger partial charge in [-0.2, -0.15) is 0 Å². The van der Waals surface area contributed by atoms with E-state index in [0.717, 1.165) is 19.2 Å². The number of hydrogen-bond donors (Lipinski definition) is 1. The molecule has 1 aliphatic rings. The van der Waals surface area contributed by atoms with Crippen molar-refractivity contribution in [2.24, 2.45) is 0 Å². The van der Waals surface area contributed by atoms with Gasteiger partial charge in [0, 0.05) is 19.2 Å². The SMILES string of the molecule is CCN(CCCNC1CC1)C(C)COC. The first-order chi connectivity index (χ1) is 7.27. The highest BCUT2D eigenvalue weighted by Gasteiger charge is 2.19. The first kappa shape index (κ1) is 12.9. The van der Waals surface area contributed by atoms with E-state index in [0.29, 0.717) is 6.04 Å². The Morgan fingerprint density at radius 1 is 1.47 bits per heavy atom. The third-order valence-electron chi connectivity index (χ3n) is 3.07. The Morgan fingerprint density at radius 3 is 2.73 bits per heavy atom. The normalized spacial score (nSPS) is 18.4. The Hall–Kier alpha value is -0.120. The fraction of sp³-hybridized carbons (Fsp3) is 1.00. The van der Waals surface area contributed by atoms with E-state index in [2.05, 4.69) is 24.1 Å². The number of rotatable bonds is 9. The van der Waals surface area contributed by atoms with Gasteiger partial charge in [-0.05, 0) is 45.8 Å². The van der Waals surface area contributed by atoms with E-state index in [9.17, 15) is 0 Å². The topological polar surface area (TPSA) is 24.5 Å². The average molecular weight is 214 g/mol. The molecule has 1 aliphatic carbocycles. The molecule has 0 amide bonds. The summed E-state index contributed by atoms with van der Waals surface area (Å²) in [6, 6.07) is 1.39. The second-order valence-corrected chi connectivity index (χ2v) is 4.51. The van der Waals surface area contributed by atoms with Crippen molar-refractivity contribution in [2.45, 2.75) is 45.2 Å². The number of nitrogens with one attached hydrogen (secondary N) is 1. The van der Waals surface area contributed by atoms with Crippen LogP contribution in [0.2, 0.25) is 0 Å². The van der Waals surface area contributed by atoms with Crippen LogP contribution in [-0.4, -0.2) is 50.3 Å². The maximum atomic E-state index is 5.18. The Bertz CT molecular complexity index is 160. The Morgan fingerprint density at radius 2 is 2.20 bits per heavy atom. The van der Waals surface area contributed by atoms with E-state index in [4.69, 9.17) is 4.74 Å². The van der Waals surface area contributed by atoms with Crippen molar-refractivity contribution in [1.82, 2.24) is 10.2 Å². The third-order valence-corrected chi connectivity index (χ3v) is 3.07. The molecule has 1 saturated carbocycles. The molecule has 1 fully saturated rings. The molecule has 0 aromatic carbocycles. The van der Waals surface area contributed by atoms with E-state index in [1.165, 1.54) is 32.4 Å². The molecule has 0 aromatic heterocycles. The first-order valence-corrected chi connectivity index (χ1v) is 6.24. The molecule has 0 aromatic rings. The Balaban J connectivity index is 2.03.